The molecule has 0 spiro atoms. The van der Waals surface area contributed by atoms with Gasteiger partial charge in [-0.15, -0.1) is 0 Å². The summed E-state index contributed by atoms with van der Waals surface area (Å²) in [5, 5.41) is 32.9. The van der Waals surface area contributed by atoms with Gasteiger partial charge in [-0.25, -0.2) is 0 Å². The van der Waals surface area contributed by atoms with Crippen LogP contribution in [-0.4, -0.2) is 50.3 Å². The molecule has 2 unspecified atom stereocenters. The van der Waals surface area contributed by atoms with Crippen molar-refractivity contribution in [2.45, 2.75) is 82.8 Å². The maximum atomic E-state index is 13.8. The minimum absolute atomic E-state index is 0.00173. The van der Waals surface area contributed by atoms with Crippen LogP contribution in [0.15, 0.2) is 42.0 Å². The molecule has 8 atom stereocenters. The summed E-state index contributed by atoms with van der Waals surface area (Å²) >= 11 is 0. The molecular weight excluding hydrogens is 472 g/mol. The van der Waals surface area contributed by atoms with Crippen molar-refractivity contribution in [2.24, 2.45) is 28.6 Å². The lowest BCUT2D eigenvalue weighted by Crippen LogP contribution is -2.63. The van der Waals surface area contributed by atoms with Crippen LogP contribution in [0.2, 0.25) is 0 Å². The van der Waals surface area contributed by atoms with E-state index in [1.54, 1.807) is 36.4 Å². The fourth-order valence-corrected chi connectivity index (χ4v) is 8.54. The van der Waals surface area contributed by atoms with E-state index in [9.17, 15) is 34.5 Å². The summed E-state index contributed by atoms with van der Waals surface area (Å²) in [6, 6.07) is 8.47. The van der Waals surface area contributed by atoms with E-state index in [-0.39, 0.29) is 47.6 Å². The Morgan fingerprint density at radius 1 is 1.05 bits per heavy atom. The summed E-state index contributed by atoms with van der Waals surface area (Å²) < 4.78 is 0. The second-order valence-corrected chi connectivity index (χ2v) is 12.2. The summed E-state index contributed by atoms with van der Waals surface area (Å²) in [5.41, 5.74) is -1.68. The molecule has 3 N–H and O–H groups in total. The highest BCUT2D eigenvalue weighted by molar-refractivity contribution is 5.95. The van der Waals surface area contributed by atoms with Crippen LogP contribution in [0.1, 0.15) is 76.7 Å². The molecule has 3 saturated carbocycles. The van der Waals surface area contributed by atoms with Crippen molar-refractivity contribution < 1.29 is 34.5 Å². The van der Waals surface area contributed by atoms with E-state index < -0.39 is 41.2 Å². The lowest BCUT2D eigenvalue weighted by Gasteiger charge is -2.58. The van der Waals surface area contributed by atoms with E-state index in [1.165, 1.54) is 0 Å². The van der Waals surface area contributed by atoms with Gasteiger partial charge in [0.15, 0.2) is 11.6 Å². The Labute approximate surface area is 217 Å². The number of aliphatic carboxylic acids is 1. The topological polar surface area (TPSA) is 129 Å². The highest BCUT2D eigenvalue weighted by atomic mass is 16.4. The van der Waals surface area contributed by atoms with E-state index in [1.807, 2.05) is 6.92 Å². The van der Waals surface area contributed by atoms with E-state index in [0.717, 1.165) is 18.4 Å². The largest absolute Gasteiger partial charge is 0.481 e. The molecule has 0 heterocycles. The van der Waals surface area contributed by atoms with Gasteiger partial charge in [0.1, 0.15) is 17.5 Å². The molecule has 0 saturated heterocycles. The molecule has 4 aliphatic rings. The minimum atomic E-state index is -1.83. The quantitative estimate of drug-likeness (QED) is 0.535. The Hall–Kier alpha value is -2.64. The maximum absolute atomic E-state index is 13.8. The van der Waals surface area contributed by atoms with Crippen LogP contribution in [0, 0.1) is 28.6 Å². The molecule has 4 aliphatic carbocycles. The Morgan fingerprint density at radius 2 is 1.76 bits per heavy atom. The number of carboxylic acids is 1. The predicted molar refractivity (Wildman–Crippen MR) is 134 cm³/mol. The van der Waals surface area contributed by atoms with E-state index >= 15 is 0 Å². The number of rotatable bonds is 6. The first kappa shape index (κ1) is 26.0. The molecule has 1 aromatic rings. The van der Waals surface area contributed by atoms with E-state index in [0.29, 0.717) is 24.8 Å². The van der Waals surface area contributed by atoms with Crippen molar-refractivity contribution in [3.05, 3.63) is 47.5 Å². The van der Waals surface area contributed by atoms with E-state index in [2.05, 4.69) is 6.92 Å². The van der Waals surface area contributed by atoms with Crippen molar-refractivity contribution in [3.63, 3.8) is 0 Å². The van der Waals surface area contributed by atoms with Crippen LogP contribution in [0.4, 0.5) is 0 Å². The number of carbonyl (C=O) groups excluding carboxylic acids is 3. The fraction of sp³-hybridized carbons (Fsp3) is 0.600. The molecule has 0 aliphatic heterocycles. The molecule has 1 aromatic carbocycles. The van der Waals surface area contributed by atoms with Crippen molar-refractivity contribution in [3.8, 4) is 0 Å². The van der Waals surface area contributed by atoms with Gasteiger partial charge in [-0.1, -0.05) is 49.8 Å². The molecular formula is C30H36O7. The Bertz CT molecular complexity index is 1170. The first-order chi connectivity index (χ1) is 17.4. The smallest absolute Gasteiger partial charge is 0.304 e. The Balaban J connectivity index is 1.47. The van der Waals surface area contributed by atoms with Crippen LogP contribution in [0.5, 0.6) is 0 Å². The average molecular weight is 509 g/mol. The number of aliphatic hydroxyl groups excluding tert-OH is 1. The number of carbonyl (C=O) groups is 4. The van der Waals surface area contributed by atoms with Crippen LogP contribution >= 0.6 is 0 Å². The van der Waals surface area contributed by atoms with Gasteiger partial charge in [0.25, 0.3) is 0 Å². The minimum Gasteiger partial charge on any atom is -0.481 e. The highest BCUT2D eigenvalue weighted by Crippen LogP contribution is 2.67. The Kier molecular flexibility index (Phi) is 6.31. The lowest BCUT2D eigenvalue weighted by molar-refractivity contribution is -0.187. The van der Waals surface area contributed by atoms with Gasteiger partial charge >= 0.3 is 5.97 Å². The second-order valence-electron chi connectivity index (χ2n) is 12.2. The molecule has 0 aromatic heterocycles. The standard InChI is InChI=1S/C30H36O7/c1-28-12-10-19(31)14-18(28)8-9-20-22-11-13-30(37,29(22,2)16-23(32)25(20)28)27(36)26(35)21(15-24(33)34)17-6-4-3-5-7-17/h3-7,14,20-22,25,27,36-37H,8-13,15-16H2,1-2H3,(H,33,34)/t20-,21?,22-,25+,27?,28-,29-,30-/m0/s1. The number of hydrogen-bond donors (Lipinski definition) is 3. The highest BCUT2D eigenvalue weighted by Gasteiger charge is 2.69. The number of fused-ring (bicyclic) bond motifs is 5. The first-order valence-electron chi connectivity index (χ1n) is 13.4. The summed E-state index contributed by atoms with van der Waals surface area (Å²) in [4.78, 5) is 51.2. The number of ketones is 3. The van der Waals surface area contributed by atoms with Crippen molar-refractivity contribution in [2.75, 3.05) is 0 Å². The SMILES string of the molecule is C[C@]12CCC(=O)C=C1CC[C@@H]1[C@@H]2C(=O)C[C@@]2(C)[C@H]1CC[C@]2(O)C(O)C(=O)C(CC(=O)O)c1ccccc1. The number of carboxylic acid groups (broad SMARTS) is 1. The lowest BCUT2D eigenvalue weighted by atomic mass is 9.45. The number of aliphatic hydroxyl groups is 2. The Morgan fingerprint density at radius 3 is 2.43 bits per heavy atom. The zero-order valence-corrected chi connectivity index (χ0v) is 21.5. The van der Waals surface area contributed by atoms with Gasteiger partial charge in [-0.2, -0.15) is 0 Å². The van der Waals surface area contributed by atoms with Crippen molar-refractivity contribution in [1.29, 1.82) is 0 Å². The van der Waals surface area contributed by atoms with Gasteiger partial charge in [-0.05, 0) is 61.0 Å². The van der Waals surface area contributed by atoms with Crippen molar-refractivity contribution >= 4 is 23.3 Å². The van der Waals surface area contributed by atoms with E-state index in [4.69, 9.17) is 0 Å². The van der Waals surface area contributed by atoms with Crippen LogP contribution in [0.25, 0.3) is 0 Å². The summed E-state index contributed by atoms with van der Waals surface area (Å²) in [6.07, 6.45) is 2.78. The number of allylic oxidation sites excluding steroid dienone is 1. The number of benzene rings is 1. The van der Waals surface area contributed by atoms with Crippen LogP contribution in [-0.2, 0) is 19.2 Å². The summed E-state index contributed by atoms with van der Waals surface area (Å²) in [5.74, 6) is -3.15. The maximum Gasteiger partial charge on any atom is 0.304 e. The zero-order chi connectivity index (χ0) is 26.8. The van der Waals surface area contributed by atoms with Crippen LogP contribution < -0.4 is 0 Å². The van der Waals surface area contributed by atoms with Gasteiger partial charge < -0.3 is 15.3 Å². The van der Waals surface area contributed by atoms with Gasteiger partial charge in [0, 0.05) is 24.2 Å². The molecule has 0 bridgehead atoms. The van der Waals surface area contributed by atoms with Gasteiger partial charge in [0.05, 0.1) is 12.3 Å². The van der Waals surface area contributed by atoms with Crippen molar-refractivity contribution in [1.82, 2.24) is 0 Å². The summed E-state index contributed by atoms with van der Waals surface area (Å²) in [6.45, 7) is 3.92. The predicted octanol–water partition coefficient (Wildman–Crippen LogP) is 3.62. The number of hydrogen-bond acceptors (Lipinski definition) is 6. The zero-order valence-electron chi connectivity index (χ0n) is 21.5. The second kappa shape index (κ2) is 8.98. The average Bonchev–Trinajstić information content (AvgIpc) is 3.13. The monoisotopic (exact) mass is 508 g/mol. The molecule has 0 amide bonds. The third kappa shape index (κ3) is 3.85. The molecule has 0 radical (unpaired) electrons. The van der Waals surface area contributed by atoms with Gasteiger partial charge in [0.2, 0.25) is 0 Å². The van der Waals surface area contributed by atoms with Gasteiger partial charge in [-0.3, -0.25) is 19.2 Å². The molecule has 7 heteroatoms. The normalized spacial score (nSPS) is 38.6. The van der Waals surface area contributed by atoms with Crippen LogP contribution in [0.3, 0.4) is 0 Å². The molecule has 7 nitrogen and oxygen atoms in total. The third-order valence-electron chi connectivity index (χ3n) is 10.5. The number of Topliss-reactive ketones (excluding diaryl/α,β-unsaturated/α-hetero) is 2. The summed E-state index contributed by atoms with van der Waals surface area (Å²) in [7, 11) is 0. The third-order valence-corrected chi connectivity index (χ3v) is 10.5. The molecule has 5 rings (SSSR count). The fourth-order valence-electron chi connectivity index (χ4n) is 8.54. The molecule has 198 valence electrons. The molecule has 37 heavy (non-hydrogen) atoms. The molecule has 3 fully saturated rings. The first-order valence-corrected chi connectivity index (χ1v) is 13.4.